The van der Waals surface area contributed by atoms with Crippen molar-refractivity contribution in [3.05, 3.63) is 61.5 Å². The summed E-state index contributed by atoms with van der Waals surface area (Å²) in [6.07, 6.45) is 0. The van der Waals surface area contributed by atoms with Crippen molar-refractivity contribution in [2.24, 2.45) is 0 Å². The number of anilines is 1. The molecule has 2 aromatic rings. The number of amides is 1. The van der Waals surface area contributed by atoms with Gasteiger partial charge in [-0.1, -0.05) is 23.5 Å². The van der Waals surface area contributed by atoms with E-state index < -0.39 is 28.3 Å². The molecule has 0 aliphatic carbocycles. The molecule has 0 bridgehead atoms. The summed E-state index contributed by atoms with van der Waals surface area (Å²) in [7, 11) is 0. The monoisotopic (exact) mass is 351 g/mol. The zero-order valence-corrected chi connectivity index (χ0v) is 12.6. The molecule has 0 saturated heterocycles. The first kappa shape index (κ1) is 17.0. The fourth-order valence-electron chi connectivity index (χ4n) is 1.66. The smallest absolute Gasteiger partial charge is 0.349 e. The highest BCUT2D eigenvalue weighted by molar-refractivity contribution is 7.17. The summed E-state index contributed by atoms with van der Waals surface area (Å²) in [4.78, 5) is 43.4. The van der Waals surface area contributed by atoms with Crippen LogP contribution in [0, 0.1) is 20.2 Å². The second-order valence-corrected chi connectivity index (χ2v) is 5.36. The second-order valence-electron chi connectivity index (χ2n) is 4.29. The number of para-hydroxylation sites is 2. The third-order valence-corrected chi connectivity index (χ3v) is 3.70. The van der Waals surface area contributed by atoms with Gasteiger partial charge in [-0.15, -0.1) is 0 Å². The van der Waals surface area contributed by atoms with Gasteiger partial charge in [0.2, 0.25) is 0 Å². The van der Waals surface area contributed by atoms with Crippen molar-refractivity contribution in [1.29, 1.82) is 0 Å². The molecule has 0 aliphatic rings. The molecular formula is C13H9N3O7S. The fourth-order valence-corrected chi connectivity index (χ4v) is 2.38. The molecule has 0 saturated carbocycles. The van der Waals surface area contributed by atoms with Crippen molar-refractivity contribution in [2.45, 2.75) is 0 Å². The zero-order chi connectivity index (χ0) is 17.7. The molecule has 1 amide bonds. The number of thiophene rings is 1. The van der Waals surface area contributed by atoms with Crippen molar-refractivity contribution in [3.8, 4) is 0 Å². The predicted molar refractivity (Wildman–Crippen MR) is 83.0 cm³/mol. The van der Waals surface area contributed by atoms with Crippen LogP contribution < -0.4 is 5.32 Å². The van der Waals surface area contributed by atoms with E-state index in [2.05, 4.69) is 5.32 Å². The van der Waals surface area contributed by atoms with Crippen molar-refractivity contribution < 1.29 is 24.2 Å². The average Bonchev–Trinajstić information content (AvgIpc) is 3.03. The third-order valence-electron chi connectivity index (χ3n) is 2.68. The molecule has 24 heavy (non-hydrogen) atoms. The number of nitrogens with zero attached hydrogens (tertiary/aromatic N) is 2. The highest BCUT2D eigenvalue weighted by Crippen LogP contribution is 2.25. The number of nitrogens with one attached hydrogen (secondary N) is 1. The normalized spacial score (nSPS) is 10.0. The number of hydrogen-bond acceptors (Lipinski definition) is 8. The minimum absolute atomic E-state index is 0.0276. The van der Waals surface area contributed by atoms with E-state index in [1.807, 2.05) is 0 Å². The van der Waals surface area contributed by atoms with Gasteiger partial charge in [0.15, 0.2) is 6.61 Å². The Morgan fingerprint density at radius 1 is 1.08 bits per heavy atom. The molecule has 0 aliphatic heterocycles. The Bertz CT molecular complexity index is 817. The van der Waals surface area contributed by atoms with Crippen LogP contribution in [0.1, 0.15) is 9.67 Å². The maximum absolute atomic E-state index is 11.7. The van der Waals surface area contributed by atoms with E-state index in [4.69, 9.17) is 4.74 Å². The van der Waals surface area contributed by atoms with Crippen LogP contribution in [0.4, 0.5) is 16.4 Å². The van der Waals surface area contributed by atoms with Gasteiger partial charge in [0, 0.05) is 12.1 Å². The summed E-state index contributed by atoms with van der Waals surface area (Å²) in [5.74, 6) is -1.67. The maximum Gasteiger partial charge on any atom is 0.349 e. The number of nitro groups is 2. The standard InChI is InChI=1S/C13H9N3O7S/c17-11(14-8-3-1-2-4-9(8)15(19)20)7-23-13(18)10-5-6-12(24-10)16(21)22/h1-6H,7H2,(H,14,17). The van der Waals surface area contributed by atoms with Crippen LogP contribution in [-0.2, 0) is 9.53 Å². The number of hydrogen-bond donors (Lipinski definition) is 1. The average molecular weight is 351 g/mol. The summed E-state index contributed by atoms with van der Waals surface area (Å²) in [5, 5.41) is 23.4. The number of carbonyl (C=O) groups excluding carboxylic acids is 2. The van der Waals surface area contributed by atoms with Gasteiger partial charge >= 0.3 is 11.0 Å². The SMILES string of the molecule is O=C(COC(=O)c1ccc([N+](=O)[O-])s1)Nc1ccccc1[N+](=O)[O-]. The molecule has 124 valence electrons. The molecule has 1 N–H and O–H groups in total. The lowest BCUT2D eigenvalue weighted by Crippen LogP contribution is -2.21. The Balaban J connectivity index is 1.94. The zero-order valence-electron chi connectivity index (χ0n) is 11.8. The minimum atomic E-state index is -0.897. The van der Waals surface area contributed by atoms with E-state index in [0.717, 1.165) is 6.07 Å². The van der Waals surface area contributed by atoms with Crippen LogP contribution in [0.15, 0.2) is 36.4 Å². The fraction of sp³-hybridized carbons (Fsp3) is 0.0769. The van der Waals surface area contributed by atoms with E-state index in [-0.39, 0.29) is 21.3 Å². The van der Waals surface area contributed by atoms with Crippen LogP contribution in [0.3, 0.4) is 0 Å². The molecule has 0 radical (unpaired) electrons. The first-order valence-corrected chi connectivity index (χ1v) is 7.14. The minimum Gasteiger partial charge on any atom is -0.451 e. The Morgan fingerprint density at radius 2 is 1.79 bits per heavy atom. The molecule has 1 heterocycles. The number of rotatable bonds is 6. The summed E-state index contributed by atoms with van der Waals surface area (Å²) in [6.45, 7) is -0.684. The molecule has 0 atom stereocenters. The number of benzene rings is 1. The van der Waals surface area contributed by atoms with E-state index in [1.54, 1.807) is 0 Å². The van der Waals surface area contributed by atoms with Crippen LogP contribution in [0.25, 0.3) is 0 Å². The number of carbonyl (C=O) groups is 2. The molecule has 2 rings (SSSR count). The predicted octanol–water partition coefficient (Wildman–Crippen LogP) is 2.36. The van der Waals surface area contributed by atoms with E-state index in [9.17, 15) is 29.8 Å². The van der Waals surface area contributed by atoms with Gasteiger partial charge in [0.25, 0.3) is 11.6 Å². The van der Waals surface area contributed by atoms with Gasteiger partial charge < -0.3 is 10.1 Å². The Morgan fingerprint density at radius 3 is 2.42 bits per heavy atom. The van der Waals surface area contributed by atoms with Gasteiger partial charge in [0.1, 0.15) is 10.6 Å². The molecule has 0 unspecified atom stereocenters. The van der Waals surface area contributed by atoms with Gasteiger partial charge in [-0.3, -0.25) is 25.0 Å². The topological polar surface area (TPSA) is 142 Å². The molecule has 11 heteroatoms. The summed E-state index contributed by atoms with van der Waals surface area (Å²) in [5.41, 5.74) is -0.332. The molecule has 0 spiro atoms. The first-order valence-electron chi connectivity index (χ1n) is 6.33. The van der Waals surface area contributed by atoms with E-state index in [1.165, 1.54) is 30.3 Å². The summed E-state index contributed by atoms with van der Waals surface area (Å²) < 4.78 is 4.72. The number of nitro benzene ring substituents is 1. The van der Waals surface area contributed by atoms with E-state index >= 15 is 0 Å². The van der Waals surface area contributed by atoms with Crippen LogP contribution in [0.5, 0.6) is 0 Å². The first-order chi connectivity index (χ1) is 11.4. The second kappa shape index (κ2) is 7.28. The number of ether oxygens (including phenoxy) is 1. The van der Waals surface area contributed by atoms with Crippen molar-refractivity contribution >= 4 is 39.6 Å². The molecular weight excluding hydrogens is 342 g/mol. The Kier molecular flexibility index (Phi) is 5.16. The lowest BCUT2D eigenvalue weighted by molar-refractivity contribution is -0.383. The maximum atomic E-state index is 11.7. The van der Waals surface area contributed by atoms with Crippen molar-refractivity contribution in [3.63, 3.8) is 0 Å². The summed E-state index contributed by atoms with van der Waals surface area (Å²) >= 11 is 0.616. The van der Waals surface area contributed by atoms with Gasteiger partial charge in [-0.2, -0.15) is 0 Å². The van der Waals surface area contributed by atoms with Crippen molar-refractivity contribution in [1.82, 2.24) is 0 Å². The van der Waals surface area contributed by atoms with Gasteiger partial charge in [-0.25, -0.2) is 4.79 Å². The largest absolute Gasteiger partial charge is 0.451 e. The Hall–Kier alpha value is -3.34. The highest BCUT2D eigenvalue weighted by atomic mass is 32.1. The molecule has 1 aromatic carbocycles. The lowest BCUT2D eigenvalue weighted by Gasteiger charge is -2.06. The van der Waals surface area contributed by atoms with Gasteiger partial charge in [-0.05, 0) is 12.1 Å². The van der Waals surface area contributed by atoms with Crippen LogP contribution in [-0.4, -0.2) is 28.3 Å². The van der Waals surface area contributed by atoms with Crippen LogP contribution in [0.2, 0.25) is 0 Å². The molecule has 0 fully saturated rings. The van der Waals surface area contributed by atoms with Crippen molar-refractivity contribution in [2.75, 3.05) is 11.9 Å². The molecule has 1 aromatic heterocycles. The quantitative estimate of drug-likeness (QED) is 0.478. The third kappa shape index (κ3) is 4.10. The van der Waals surface area contributed by atoms with Crippen LogP contribution >= 0.6 is 11.3 Å². The van der Waals surface area contributed by atoms with E-state index in [0.29, 0.717) is 11.3 Å². The molecule has 10 nitrogen and oxygen atoms in total. The number of esters is 1. The summed E-state index contributed by atoms with van der Waals surface area (Å²) in [6, 6.07) is 7.85. The van der Waals surface area contributed by atoms with Gasteiger partial charge in [0.05, 0.1) is 9.85 Å². The lowest BCUT2D eigenvalue weighted by atomic mass is 10.2. The highest BCUT2D eigenvalue weighted by Gasteiger charge is 2.19. The Labute approximate surface area is 138 Å².